The molecule has 10 heteroatoms. The largest absolute Gasteiger partial charge is 0.338 e. The number of H-pyrrole nitrogens is 1. The second-order valence-electron chi connectivity index (χ2n) is 7.07. The quantitative estimate of drug-likeness (QED) is 0.395. The zero-order valence-corrected chi connectivity index (χ0v) is 18.1. The number of fused-ring (bicyclic) bond motifs is 2. The van der Waals surface area contributed by atoms with Crippen LogP contribution in [0.1, 0.15) is 5.56 Å². The zero-order chi connectivity index (χ0) is 21.8. The van der Waals surface area contributed by atoms with Crippen LogP contribution in [0.15, 0.2) is 59.5 Å². The molecule has 1 aliphatic heterocycles. The summed E-state index contributed by atoms with van der Waals surface area (Å²) in [5.74, 6) is 0.382. The molecule has 156 valence electrons. The second kappa shape index (κ2) is 7.26. The van der Waals surface area contributed by atoms with E-state index in [0.29, 0.717) is 38.8 Å². The van der Waals surface area contributed by atoms with Gasteiger partial charge in [0.05, 0.1) is 33.2 Å². The van der Waals surface area contributed by atoms with Crippen LogP contribution in [0, 0.1) is 0 Å². The van der Waals surface area contributed by atoms with Crippen molar-refractivity contribution in [3.63, 3.8) is 0 Å². The smallest absolute Gasteiger partial charge is 0.263 e. The number of aromatic nitrogens is 2. The van der Waals surface area contributed by atoms with E-state index in [-0.39, 0.29) is 22.2 Å². The van der Waals surface area contributed by atoms with Crippen LogP contribution >= 0.6 is 23.2 Å². The first-order chi connectivity index (χ1) is 14.8. The molecule has 0 unspecified atom stereocenters. The maximum Gasteiger partial charge on any atom is 0.263 e. The lowest BCUT2D eigenvalue weighted by Crippen LogP contribution is -2.13. The number of carbonyl (C=O) groups excluding carboxylic acids is 1. The van der Waals surface area contributed by atoms with Crippen molar-refractivity contribution in [1.29, 1.82) is 0 Å². The Morgan fingerprint density at radius 2 is 1.81 bits per heavy atom. The fraction of sp³-hybridized carbons (Fsp3) is 0.0476. The average molecular weight is 473 g/mol. The molecule has 5 rings (SSSR count). The van der Waals surface area contributed by atoms with Crippen LogP contribution in [-0.2, 0) is 21.2 Å². The Balaban J connectivity index is 1.48. The third-order valence-corrected chi connectivity index (χ3v) is 7.11. The maximum absolute atomic E-state index is 13.0. The summed E-state index contributed by atoms with van der Waals surface area (Å²) in [4.78, 5) is 19.2. The Labute approximate surface area is 187 Å². The van der Waals surface area contributed by atoms with Gasteiger partial charge < -0.3 is 10.3 Å². The first-order valence-electron chi connectivity index (χ1n) is 9.20. The summed E-state index contributed by atoms with van der Waals surface area (Å²) in [6.45, 7) is 0. The molecule has 2 heterocycles. The van der Waals surface area contributed by atoms with Gasteiger partial charge in [0.15, 0.2) is 0 Å². The number of hydrogen-bond donors (Lipinski definition) is 3. The van der Waals surface area contributed by atoms with Gasteiger partial charge in [0.2, 0.25) is 5.91 Å². The van der Waals surface area contributed by atoms with E-state index in [2.05, 4.69) is 20.0 Å². The van der Waals surface area contributed by atoms with Crippen LogP contribution in [0.2, 0.25) is 10.0 Å². The van der Waals surface area contributed by atoms with Crippen molar-refractivity contribution in [2.75, 3.05) is 10.0 Å². The Morgan fingerprint density at radius 3 is 2.61 bits per heavy atom. The van der Waals surface area contributed by atoms with E-state index in [1.807, 2.05) is 18.2 Å². The number of carbonyl (C=O) groups is 1. The fourth-order valence-electron chi connectivity index (χ4n) is 3.50. The number of sulfonamides is 1. The van der Waals surface area contributed by atoms with Gasteiger partial charge in [0.1, 0.15) is 10.7 Å². The Bertz CT molecular complexity index is 1480. The van der Waals surface area contributed by atoms with Crippen LogP contribution in [0.3, 0.4) is 0 Å². The molecule has 0 radical (unpaired) electrons. The predicted octanol–water partition coefficient (Wildman–Crippen LogP) is 4.83. The Morgan fingerprint density at radius 1 is 1.00 bits per heavy atom. The molecular weight excluding hydrogens is 459 g/mol. The molecule has 0 saturated carbocycles. The summed E-state index contributed by atoms with van der Waals surface area (Å²) in [6.07, 6.45) is 0.111. The highest BCUT2D eigenvalue weighted by Gasteiger charge is 2.25. The minimum absolute atomic E-state index is 0.0251. The molecule has 0 spiro atoms. The van der Waals surface area contributed by atoms with Gasteiger partial charge >= 0.3 is 0 Å². The number of hydrogen-bond acceptors (Lipinski definition) is 4. The lowest BCUT2D eigenvalue weighted by atomic mass is 10.2. The van der Waals surface area contributed by atoms with Gasteiger partial charge in [-0.2, -0.15) is 0 Å². The number of nitrogens with zero attached hydrogens (tertiary/aromatic N) is 1. The van der Waals surface area contributed by atoms with Crippen LogP contribution < -0.4 is 10.0 Å². The van der Waals surface area contributed by atoms with Gasteiger partial charge in [-0.15, -0.1) is 0 Å². The molecule has 4 aromatic rings. The van der Waals surface area contributed by atoms with Crippen LogP contribution in [0.4, 0.5) is 11.4 Å². The number of amides is 1. The monoisotopic (exact) mass is 472 g/mol. The van der Waals surface area contributed by atoms with E-state index in [1.165, 1.54) is 12.1 Å². The molecule has 7 nitrogen and oxygen atoms in total. The third-order valence-electron chi connectivity index (χ3n) is 4.94. The maximum atomic E-state index is 13.0. The molecule has 1 aromatic heterocycles. The van der Waals surface area contributed by atoms with Gasteiger partial charge in [0.25, 0.3) is 10.0 Å². The number of rotatable bonds is 4. The fourth-order valence-corrected chi connectivity index (χ4v) is 5.35. The molecule has 0 aliphatic carbocycles. The van der Waals surface area contributed by atoms with Crippen LogP contribution in [0.25, 0.3) is 22.4 Å². The summed E-state index contributed by atoms with van der Waals surface area (Å²) in [7, 11) is -3.98. The van der Waals surface area contributed by atoms with Crippen molar-refractivity contribution in [2.24, 2.45) is 0 Å². The molecule has 1 aliphatic rings. The third kappa shape index (κ3) is 3.63. The highest BCUT2D eigenvalue weighted by molar-refractivity contribution is 7.92. The van der Waals surface area contributed by atoms with E-state index in [9.17, 15) is 13.2 Å². The summed E-state index contributed by atoms with van der Waals surface area (Å²) < 4.78 is 28.5. The minimum atomic E-state index is -3.98. The van der Waals surface area contributed by atoms with Gasteiger partial charge in [-0.3, -0.25) is 9.52 Å². The highest BCUT2D eigenvalue weighted by Crippen LogP contribution is 2.34. The lowest BCUT2D eigenvalue weighted by Gasteiger charge is -2.11. The van der Waals surface area contributed by atoms with Crippen LogP contribution in [-0.4, -0.2) is 24.3 Å². The molecule has 3 N–H and O–H groups in total. The van der Waals surface area contributed by atoms with Crippen molar-refractivity contribution < 1.29 is 13.2 Å². The van der Waals surface area contributed by atoms with Gasteiger partial charge in [0, 0.05) is 11.3 Å². The number of halogens is 2. The van der Waals surface area contributed by atoms with E-state index in [4.69, 9.17) is 23.2 Å². The minimum Gasteiger partial charge on any atom is -0.338 e. The first-order valence-corrected chi connectivity index (χ1v) is 11.4. The van der Waals surface area contributed by atoms with E-state index in [0.717, 1.165) is 5.56 Å². The number of anilines is 2. The van der Waals surface area contributed by atoms with Crippen molar-refractivity contribution in [1.82, 2.24) is 9.97 Å². The number of nitrogens with one attached hydrogen (secondary N) is 3. The highest BCUT2D eigenvalue weighted by atomic mass is 35.5. The lowest BCUT2D eigenvalue weighted by molar-refractivity contribution is -0.115. The van der Waals surface area contributed by atoms with E-state index < -0.39 is 10.0 Å². The Hall–Kier alpha value is -3.07. The average Bonchev–Trinajstić information content (AvgIpc) is 3.28. The van der Waals surface area contributed by atoms with E-state index >= 15 is 0 Å². The number of aromatic amines is 1. The van der Waals surface area contributed by atoms with Crippen molar-refractivity contribution in [3.05, 3.63) is 70.2 Å². The predicted molar refractivity (Wildman–Crippen MR) is 121 cm³/mol. The zero-order valence-electron chi connectivity index (χ0n) is 15.7. The topological polar surface area (TPSA) is 104 Å². The van der Waals surface area contributed by atoms with E-state index in [1.54, 1.807) is 24.3 Å². The molecule has 0 bridgehead atoms. The molecule has 31 heavy (non-hydrogen) atoms. The van der Waals surface area contributed by atoms with Gasteiger partial charge in [-0.25, -0.2) is 13.4 Å². The summed E-state index contributed by atoms with van der Waals surface area (Å²) in [5.41, 5.74) is 3.51. The van der Waals surface area contributed by atoms with Gasteiger partial charge in [-0.05, 0) is 48.0 Å². The SMILES string of the molecule is O=C1Cc2cc(S(=O)(=O)Nc3ccc4nc(-c5ccccc5Cl)[nH]c4c3)c(Cl)cc2N1. The van der Waals surface area contributed by atoms with Crippen LogP contribution in [0.5, 0.6) is 0 Å². The number of benzene rings is 3. The second-order valence-corrected chi connectivity index (χ2v) is 9.53. The molecule has 0 saturated heterocycles. The van der Waals surface area contributed by atoms with Crippen molar-refractivity contribution in [3.8, 4) is 11.4 Å². The normalized spacial score (nSPS) is 13.3. The summed E-state index contributed by atoms with van der Waals surface area (Å²) >= 11 is 12.4. The molecule has 1 amide bonds. The van der Waals surface area contributed by atoms with Gasteiger partial charge in [-0.1, -0.05) is 35.3 Å². The summed E-state index contributed by atoms with van der Waals surface area (Å²) in [5, 5.41) is 3.23. The standard InChI is InChI=1S/C21H14Cl2N4O3S/c22-14-4-2-1-3-13(14)21-25-16-6-5-12(9-18(16)26-21)27-31(29,30)19-7-11-8-20(28)24-17(11)10-15(19)23/h1-7,9-10,27H,8H2,(H,24,28)(H,25,26). The molecule has 0 fully saturated rings. The Kier molecular flexibility index (Phi) is 4.65. The molecule has 0 atom stereocenters. The molecular formula is C21H14Cl2N4O3S. The number of imidazole rings is 1. The summed E-state index contributed by atoms with van der Waals surface area (Å²) in [6, 6.07) is 15.1. The van der Waals surface area contributed by atoms with Crippen molar-refractivity contribution >= 4 is 61.5 Å². The molecule has 3 aromatic carbocycles. The first kappa shape index (κ1) is 19.9. The van der Waals surface area contributed by atoms with Crippen molar-refractivity contribution in [2.45, 2.75) is 11.3 Å².